The number of halogens is 1. The van der Waals surface area contributed by atoms with E-state index in [2.05, 4.69) is 15.9 Å². The number of allylic oxidation sites excluding steroid dienone is 2. The molecule has 0 unspecified atom stereocenters. The van der Waals surface area contributed by atoms with Crippen molar-refractivity contribution >= 4 is 56.2 Å². The number of carbonyl (C=O) groups is 1. The topological polar surface area (TPSA) is 20.3 Å². The van der Waals surface area contributed by atoms with E-state index < -0.39 is 0 Å². The summed E-state index contributed by atoms with van der Waals surface area (Å²) >= 11 is 10.2. The van der Waals surface area contributed by atoms with E-state index in [9.17, 15) is 4.79 Å². The summed E-state index contributed by atoms with van der Waals surface area (Å²) in [7, 11) is 0. The van der Waals surface area contributed by atoms with Crippen LogP contribution in [0.5, 0.6) is 0 Å². The molecule has 0 atom stereocenters. The molecule has 1 heterocycles. The fourth-order valence-corrected chi connectivity index (χ4v) is 4.17. The Morgan fingerprint density at radius 2 is 1.71 bits per heavy atom. The van der Waals surface area contributed by atoms with E-state index in [1.54, 1.807) is 4.90 Å². The summed E-state index contributed by atoms with van der Waals surface area (Å²) in [5.41, 5.74) is 2.13. The van der Waals surface area contributed by atoms with Crippen LogP contribution >= 0.6 is 39.9 Å². The Hall–Kier alpha value is -1.69. The van der Waals surface area contributed by atoms with E-state index in [0.717, 1.165) is 15.6 Å². The number of amides is 1. The van der Waals surface area contributed by atoms with Gasteiger partial charge in [0.1, 0.15) is 4.32 Å². The number of hydrogen-bond donors (Lipinski definition) is 0. The molecule has 0 radical (unpaired) electrons. The number of nitrogens with zero attached hydrogens (tertiary/aromatic N) is 1. The summed E-state index contributed by atoms with van der Waals surface area (Å²) in [6, 6.07) is 19.8. The SMILES string of the molecule is O=C1/C(=C\C(Br)=C/c2ccccc2)SC(=S)N1Cc1ccccc1. The highest BCUT2D eigenvalue weighted by atomic mass is 79.9. The molecule has 0 spiro atoms. The minimum Gasteiger partial charge on any atom is -0.288 e. The number of rotatable bonds is 4. The Balaban J connectivity index is 1.77. The minimum atomic E-state index is -0.0488. The molecule has 120 valence electrons. The van der Waals surface area contributed by atoms with Gasteiger partial charge in [-0.2, -0.15) is 0 Å². The summed E-state index contributed by atoms with van der Waals surface area (Å²) in [4.78, 5) is 14.9. The molecule has 2 aromatic carbocycles. The maximum absolute atomic E-state index is 12.6. The molecule has 0 bridgehead atoms. The lowest BCUT2D eigenvalue weighted by Crippen LogP contribution is -2.27. The molecule has 1 aliphatic rings. The lowest BCUT2D eigenvalue weighted by atomic mass is 10.2. The first-order chi connectivity index (χ1) is 11.6. The van der Waals surface area contributed by atoms with Gasteiger partial charge in [-0.05, 0) is 23.3 Å². The van der Waals surface area contributed by atoms with Crippen LogP contribution in [0.1, 0.15) is 11.1 Å². The second-order valence-electron chi connectivity index (χ2n) is 5.19. The van der Waals surface area contributed by atoms with Crippen molar-refractivity contribution in [2.45, 2.75) is 6.54 Å². The fraction of sp³-hybridized carbons (Fsp3) is 0.0526. The van der Waals surface area contributed by atoms with Crippen LogP contribution < -0.4 is 0 Å². The molecule has 0 aliphatic carbocycles. The van der Waals surface area contributed by atoms with Gasteiger partial charge in [-0.3, -0.25) is 9.69 Å². The monoisotopic (exact) mass is 415 g/mol. The highest BCUT2D eigenvalue weighted by molar-refractivity contribution is 9.12. The second kappa shape index (κ2) is 7.92. The van der Waals surface area contributed by atoms with E-state index in [-0.39, 0.29) is 5.91 Å². The summed E-state index contributed by atoms with van der Waals surface area (Å²) in [6.07, 6.45) is 3.81. The Bertz CT molecular complexity index is 816. The molecule has 1 amide bonds. The van der Waals surface area contributed by atoms with Gasteiger partial charge in [-0.25, -0.2) is 0 Å². The van der Waals surface area contributed by atoms with E-state index in [1.807, 2.05) is 72.8 Å². The van der Waals surface area contributed by atoms with E-state index in [0.29, 0.717) is 15.8 Å². The molecule has 0 N–H and O–H groups in total. The first-order valence-electron chi connectivity index (χ1n) is 7.35. The number of hydrogen-bond acceptors (Lipinski definition) is 3. The van der Waals surface area contributed by atoms with E-state index in [1.165, 1.54) is 11.8 Å². The largest absolute Gasteiger partial charge is 0.288 e. The lowest BCUT2D eigenvalue weighted by molar-refractivity contribution is -0.122. The van der Waals surface area contributed by atoms with Gasteiger partial charge in [0.15, 0.2) is 0 Å². The Morgan fingerprint density at radius 1 is 1.08 bits per heavy atom. The molecule has 2 nitrogen and oxygen atoms in total. The third kappa shape index (κ3) is 4.23. The first kappa shape index (κ1) is 17.1. The quantitative estimate of drug-likeness (QED) is 0.494. The number of carbonyl (C=O) groups excluding carboxylic acids is 1. The molecular weight excluding hydrogens is 402 g/mol. The summed E-state index contributed by atoms with van der Waals surface area (Å²) < 4.78 is 1.43. The Morgan fingerprint density at radius 3 is 2.38 bits per heavy atom. The zero-order valence-electron chi connectivity index (χ0n) is 12.7. The average Bonchev–Trinajstić information content (AvgIpc) is 2.84. The highest BCUT2D eigenvalue weighted by Crippen LogP contribution is 2.34. The maximum Gasteiger partial charge on any atom is 0.266 e. The average molecular weight is 416 g/mol. The molecule has 3 rings (SSSR count). The van der Waals surface area contributed by atoms with Crippen LogP contribution in [0.2, 0.25) is 0 Å². The second-order valence-corrected chi connectivity index (χ2v) is 7.78. The fourth-order valence-electron chi connectivity index (χ4n) is 2.28. The van der Waals surface area contributed by atoms with E-state index >= 15 is 0 Å². The predicted octanol–water partition coefficient (Wildman–Crippen LogP) is 5.37. The third-order valence-corrected chi connectivity index (χ3v) is 5.27. The van der Waals surface area contributed by atoms with Crippen LogP contribution in [0.25, 0.3) is 6.08 Å². The molecule has 0 saturated carbocycles. The van der Waals surface area contributed by atoms with Crippen molar-refractivity contribution in [1.29, 1.82) is 0 Å². The van der Waals surface area contributed by atoms with Crippen molar-refractivity contribution in [1.82, 2.24) is 4.90 Å². The van der Waals surface area contributed by atoms with Crippen molar-refractivity contribution in [3.63, 3.8) is 0 Å². The van der Waals surface area contributed by atoms with Crippen molar-refractivity contribution in [2.75, 3.05) is 0 Å². The Labute approximate surface area is 159 Å². The van der Waals surface area contributed by atoms with Gasteiger partial charge < -0.3 is 0 Å². The normalized spacial score (nSPS) is 17.0. The lowest BCUT2D eigenvalue weighted by Gasteiger charge is -2.14. The van der Waals surface area contributed by atoms with Crippen molar-refractivity contribution in [3.05, 3.63) is 87.3 Å². The van der Waals surface area contributed by atoms with Crippen LogP contribution in [0, 0.1) is 0 Å². The molecule has 1 aliphatic heterocycles. The van der Waals surface area contributed by atoms with Gasteiger partial charge in [0, 0.05) is 4.48 Å². The van der Waals surface area contributed by atoms with Crippen LogP contribution in [0.3, 0.4) is 0 Å². The van der Waals surface area contributed by atoms with Gasteiger partial charge in [0.05, 0.1) is 11.4 Å². The summed E-state index contributed by atoms with van der Waals surface area (Å²) in [6.45, 7) is 0.503. The van der Waals surface area contributed by atoms with Crippen LogP contribution in [-0.4, -0.2) is 15.1 Å². The van der Waals surface area contributed by atoms with Gasteiger partial charge >= 0.3 is 0 Å². The molecular formula is C19H14BrNOS2. The smallest absolute Gasteiger partial charge is 0.266 e. The zero-order chi connectivity index (χ0) is 16.9. The van der Waals surface area contributed by atoms with Gasteiger partial charge in [0.25, 0.3) is 5.91 Å². The van der Waals surface area contributed by atoms with Gasteiger partial charge in [-0.1, -0.05) is 101 Å². The van der Waals surface area contributed by atoms with Gasteiger partial charge in [-0.15, -0.1) is 0 Å². The number of thiocarbonyl (C=S) groups is 1. The first-order valence-corrected chi connectivity index (χ1v) is 9.37. The van der Waals surface area contributed by atoms with Crippen LogP contribution in [-0.2, 0) is 11.3 Å². The van der Waals surface area contributed by atoms with Crippen molar-refractivity contribution in [3.8, 4) is 0 Å². The van der Waals surface area contributed by atoms with E-state index in [4.69, 9.17) is 12.2 Å². The third-order valence-electron chi connectivity index (χ3n) is 3.43. The zero-order valence-corrected chi connectivity index (χ0v) is 15.9. The van der Waals surface area contributed by atoms with Gasteiger partial charge in [0.2, 0.25) is 0 Å². The Kier molecular flexibility index (Phi) is 5.66. The van der Waals surface area contributed by atoms with Crippen molar-refractivity contribution in [2.24, 2.45) is 0 Å². The molecule has 1 fully saturated rings. The molecule has 24 heavy (non-hydrogen) atoms. The summed E-state index contributed by atoms with van der Waals surface area (Å²) in [5, 5.41) is 0. The maximum atomic E-state index is 12.6. The minimum absolute atomic E-state index is 0.0488. The molecule has 2 aromatic rings. The number of thioether (sulfide) groups is 1. The standard InChI is InChI=1S/C19H14BrNOS2/c20-16(11-14-7-3-1-4-8-14)12-17-18(22)21(19(23)24-17)13-15-9-5-2-6-10-15/h1-12H,13H2/b16-11+,17-12+. The molecule has 0 aromatic heterocycles. The summed E-state index contributed by atoms with van der Waals surface area (Å²) in [5.74, 6) is -0.0488. The van der Waals surface area contributed by atoms with Crippen LogP contribution in [0.15, 0.2) is 76.1 Å². The highest BCUT2D eigenvalue weighted by Gasteiger charge is 2.31. The van der Waals surface area contributed by atoms with Crippen LogP contribution in [0.4, 0.5) is 0 Å². The van der Waals surface area contributed by atoms with Crippen molar-refractivity contribution < 1.29 is 4.79 Å². The predicted molar refractivity (Wildman–Crippen MR) is 109 cm³/mol. The molecule has 1 saturated heterocycles. The number of benzene rings is 2. The molecule has 5 heteroatoms.